The van der Waals surface area contributed by atoms with E-state index in [2.05, 4.69) is 5.32 Å². The van der Waals surface area contributed by atoms with Gasteiger partial charge in [0, 0.05) is 37.7 Å². The number of fused-ring (bicyclic) bond motifs is 5. The lowest BCUT2D eigenvalue weighted by molar-refractivity contribution is -0.346. The molecule has 4 aliphatic rings. The molecule has 18 heteroatoms. The number of carboxylic acids is 1. The second-order valence-electron chi connectivity index (χ2n) is 18.7. The summed E-state index contributed by atoms with van der Waals surface area (Å²) in [5, 5.41) is 38.2. The molecule has 69 heavy (non-hydrogen) atoms. The van der Waals surface area contributed by atoms with Gasteiger partial charge in [0.15, 0.2) is 17.5 Å². The van der Waals surface area contributed by atoms with Crippen molar-refractivity contribution in [2.45, 2.75) is 121 Å². The van der Waals surface area contributed by atoms with Gasteiger partial charge in [0.05, 0.1) is 42.4 Å². The molecule has 18 nitrogen and oxygen atoms in total. The Morgan fingerprint density at radius 2 is 1.41 bits per heavy atom. The van der Waals surface area contributed by atoms with Crippen LogP contribution in [0.4, 0.5) is 0 Å². The first-order valence-electron chi connectivity index (χ1n) is 22.5. The summed E-state index contributed by atoms with van der Waals surface area (Å²) in [5.41, 5.74) is -7.77. The molecule has 11 atom stereocenters. The molecule has 1 aliphatic heterocycles. The Hall–Kier alpha value is -6.76. The first-order valence-corrected chi connectivity index (χ1v) is 22.5. The van der Waals surface area contributed by atoms with E-state index in [1.165, 1.54) is 52.0 Å². The van der Waals surface area contributed by atoms with Gasteiger partial charge in [-0.15, -0.1) is 0 Å². The predicted molar refractivity (Wildman–Crippen MR) is 238 cm³/mol. The molecule has 3 aromatic rings. The van der Waals surface area contributed by atoms with Crippen LogP contribution in [-0.4, -0.2) is 117 Å². The van der Waals surface area contributed by atoms with Gasteiger partial charge in [-0.25, -0.2) is 9.59 Å². The summed E-state index contributed by atoms with van der Waals surface area (Å²) in [6.45, 7) is 7.68. The van der Waals surface area contributed by atoms with E-state index >= 15 is 9.59 Å². The molecule has 1 saturated heterocycles. The van der Waals surface area contributed by atoms with E-state index in [0.717, 1.165) is 13.8 Å². The zero-order chi connectivity index (χ0) is 50.2. The summed E-state index contributed by atoms with van der Waals surface area (Å²) >= 11 is 0. The summed E-state index contributed by atoms with van der Waals surface area (Å²) in [6.07, 6.45) is -12.5. The van der Waals surface area contributed by atoms with Crippen LogP contribution in [0.2, 0.25) is 0 Å². The number of hydrogen-bond acceptors (Lipinski definition) is 16. The van der Waals surface area contributed by atoms with E-state index in [0.29, 0.717) is 0 Å². The van der Waals surface area contributed by atoms with Gasteiger partial charge < -0.3 is 49.1 Å². The Bertz CT molecular complexity index is 2550. The molecule has 4 N–H and O–H groups in total. The number of amides is 1. The number of aliphatic carboxylic acids is 1. The highest BCUT2D eigenvalue weighted by molar-refractivity contribution is 5.96. The fourth-order valence-electron chi connectivity index (χ4n) is 10.7. The van der Waals surface area contributed by atoms with E-state index in [1.807, 2.05) is 0 Å². The fraction of sp³-hybridized carbons (Fsp3) is 0.451. The molecular formula is C51H55NO17. The van der Waals surface area contributed by atoms with Crippen LogP contribution in [0.5, 0.6) is 0 Å². The highest BCUT2D eigenvalue weighted by Gasteiger charge is 2.78. The Morgan fingerprint density at radius 3 is 1.96 bits per heavy atom. The Balaban J connectivity index is 1.42. The third-order valence-corrected chi connectivity index (χ3v) is 14.3. The van der Waals surface area contributed by atoms with Crippen LogP contribution in [0.3, 0.4) is 0 Å². The van der Waals surface area contributed by atoms with Gasteiger partial charge in [-0.1, -0.05) is 80.6 Å². The first-order chi connectivity index (χ1) is 32.6. The van der Waals surface area contributed by atoms with Crippen LogP contribution >= 0.6 is 0 Å². The summed E-state index contributed by atoms with van der Waals surface area (Å²) in [4.78, 5) is 110. The van der Waals surface area contributed by atoms with Crippen LogP contribution in [0, 0.1) is 16.7 Å². The van der Waals surface area contributed by atoms with Crippen molar-refractivity contribution in [1.82, 2.24) is 5.32 Å². The van der Waals surface area contributed by atoms with Gasteiger partial charge >= 0.3 is 35.8 Å². The van der Waals surface area contributed by atoms with Crippen molar-refractivity contribution >= 4 is 47.5 Å². The number of nitrogens with one attached hydrogen (secondary N) is 1. The van der Waals surface area contributed by atoms with E-state index in [4.69, 9.17) is 28.4 Å². The lowest BCUT2D eigenvalue weighted by Gasteiger charge is -2.67. The van der Waals surface area contributed by atoms with Crippen molar-refractivity contribution < 1.29 is 82.1 Å². The van der Waals surface area contributed by atoms with E-state index < -0.39 is 137 Å². The molecule has 0 aromatic heterocycles. The van der Waals surface area contributed by atoms with Gasteiger partial charge in [-0.3, -0.25) is 28.8 Å². The average Bonchev–Trinajstić information content (AvgIpc) is 3.30. The van der Waals surface area contributed by atoms with Gasteiger partial charge in [0.25, 0.3) is 5.91 Å². The second kappa shape index (κ2) is 19.3. The molecule has 1 heterocycles. The van der Waals surface area contributed by atoms with E-state index in [1.54, 1.807) is 66.7 Å². The predicted octanol–water partition coefficient (Wildman–Crippen LogP) is 4.15. The smallest absolute Gasteiger partial charge is 0.350 e. The van der Waals surface area contributed by atoms with Crippen molar-refractivity contribution in [1.29, 1.82) is 0 Å². The number of rotatable bonds is 14. The lowest BCUT2D eigenvalue weighted by atomic mass is 9.44. The summed E-state index contributed by atoms with van der Waals surface area (Å²) in [5.74, 6) is -9.78. The van der Waals surface area contributed by atoms with Crippen LogP contribution in [0.1, 0.15) is 99.5 Å². The maximum atomic E-state index is 15.7. The summed E-state index contributed by atoms with van der Waals surface area (Å²) < 4.78 is 36.3. The number of Topliss-reactive ketones (excluding diaryl/α,β-unsaturated/α-hetero) is 1. The summed E-state index contributed by atoms with van der Waals surface area (Å²) in [6, 6.07) is 22.1. The second-order valence-corrected chi connectivity index (χ2v) is 18.7. The standard InChI is InChI=1S/C51H55NO17/c1-27-33(66-47(62)41(67-37(58)23-22-36(56)57)39(30-16-10-7-11-17-30)52-45(60)31-18-12-8-13-19-31)25-51(63)44(68-46(61)32-20-14-9-15-21-32)42-49(6,34(55)24-35-50(42,26-64-35)69-29(3)54)43(59)40(65-28(2)53)38(27)48(51,4)5/h7-21,33-35,39-42,44,55,63H,22-26H2,1-6H3,(H,52,60)(H,56,57)/t33-,34-,35+,39?,40+,41+,42-,44-,49+,50-,51+/m0/s1. The maximum absolute atomic E-state index is 15.7. The number of aliphatic hydroxyl groups excluding tert-OH is 1. The van der Waals surface area contributed by atoms with Crippen LogP contribution in [-0.2, 0) is 57.2 Å². The molecule has 1 unspecified atom stereocenters. The van der Waals surface area contributed by atoms with Crippen molar-refractivity contribution in [2.24, 2.45) is 16.7 Å². The lowest BCUT2D eigenvalue weighted by Crippen LogP contribution is -2.82. The average molecular weight is 954 g/mol. The van der Waals surface area contributed by atoms with Crippen LogP contribution in [0.15, 0.2) is 102 Å². The molecule has 0 radical (unpaired) electrons. The third-order valence-electron chi connectivity index (χ3n) is 14.3. The molecular weight excluding hydrogens is 899 g/mol. The third kappa shape index (κ3) is 9.15. The zero-order valence-corrected chi connectivity index (χ0v) is 38.9. The molecule has 1 amide bonds. The number of benzene rings is 3. The quantitative estimate of drug-likeness (QED) is 0.100. The number of carbonyl (C=O) groups is 8. The van der Waals surface area contributed by atoms with Gasteiger partial charge in [-0.2, -0.15) is 0 Å². The van der Waals surface area contributed by atoms with Crippen LogP contribution < -0.4 is 5.32 Å². The molecule has 366 valence electrons. The SMILES string of the molecule is CC(=O)O[C@H]1C(=O)[C@@]2(C)[C@H]([C@H](OC(=O)c3ccccc3)[C@]3(O)C[C@H](OC(=O)[C@H](OC(=O)CCC(=O)O)C(NC(=O)c4ccccc4)c4ccccc4)C(C)=C1C3(C)C)[C@]1(OC(C)=O)CO[C@@H]1C[C@@H]2O. The topological polar surface area (TPSA) is 265 Å². The minimum absolute atomic E-state index is 0.0221. The number of esters is 5. The molecule has 2 saturated carbocycles. The highest BCUT2D eigenvalue weighted by Crippen LogP contribution is 2.64. The maximum Gasteiger partial charge on any atom is 0.350 e. The molecule has 3 aliphatic carbocycles. The number of carbonyl (C=O) groups excluding carboxylic acids is 7. The van der Waals surface area contributed by atoms with Crippen molar-refractivity contribution in [3.63, 3.8) is 0 Å². The Morgan fingerprint density at radius 1 is 0.812 bits per heavy atom. The summed E-state index contributed by atoms with van der Waals surface area (Å²) in [7, 11) is 0. The van der Waals surface area contributed by atoms with Crippen molar-refractivity contribution in [3.05, 3.63) is 119 Å². The highest BCUT2D eigenvalue weighted by atomic mass is 16.6. The Labute approximate surface area is 397 Å². The van der Waals surface area contributed by atoms with E-state index in [9.17, 15) is 44.1 Å². The molecule has 7 rings (SSSR count). The fourth-order valence-corrected chi connectivity index (χ4v) is 10.7. The zero-order valence-electron chi connectivity index (χ0n) is 38.9. The number of ether oxygens (including phenoxy) is 6. The van der Waals surface area contributed by atoms with Gasteiger partial charge in [0.1, 0.15) is 30.0 Å². The molecule has 2 bridgehead atoms. The first kappa shape index (κ1) is 50.1. The van der Waals surface area contributed by atoms with Crippen molar-refractivity contribution in [3.8, 4) is 0 Å². The molecule has 0 spiro atoms. The number of carboxylic acid groups (broad SMARTS) is 1. The Kier molecular flexibility index (Phi) is 14.0. The normalized spacial score (nSPS) is 29.7. The number of ketones is 1. The number of hydrogen-bond donors (Lipinski definition) is 4. The number of aliphatic hydroxyl groups is 2. The van der Waals surface area contributed by atoms with Crippen molar-refractivity contribution in [2.75, 3.05) is 6.61 Å². The van der Waals surface area contributed by atoms with Gasteiger partial charge in [-0.05, 0) is 54.8 Å². The van der Waals surface area contributed by atoms with Crippen LogP contribution in [0.25, 0.3) is 0 Å². The van der Waals surface area contributed by atoms with Gasteiger partial charge in [0.2, 0.25) is 6.10 Å². The largest absolute Gasteiger partial charge is 0.481 e. The monoisotopic (exact) mass is 953 g/mol. The minimum atomic E-state index is -2.50. The van der Waals surface area contributed by atoms with E-state index in [-0.39, 0.29) is 40.9 Å². The molecule has 3 fully saturated rings. The molecule has 3 aromatic carbocycles. The minimum Gasteiger partial charge on any atom is -0.481 e.